The number of aliphatic hydroxyl groups is 1. The lowest BCUT2D eigenvalue weighted by Crippen LogP contribution is -2.38. The Morgan fingerprint density at radius 3 is 2.15 bits per heavy atom. The molecule has 80 valence electrons. The van der Waals surface area contributed by atoms with Gasteiger partial charge in [0, 0.05) is 12.6 Å². The molecule has 1 atom stereocenters. The maximum absolute atomic E-state index is 9.65. The molecule has 13 heavy (non-hydrogen) atoms. The average molecular weight is 187 g/mol. The quantitative estimate of drug-likeness (QED) is 0.661. The van der Waals surface area contributed by atoms with Crippen LogP contribution in [0.25, 0.3) is 0 Å². The van der Waals surface area contributed by atoms with Gasteiger partial charge in [-0.3, -0.25) is 4.90 Å². The highest BCUT2D eigenvalue weighted by Gasteiger charge is 2.12. The second kappa shape index (κ2) is 7.34. The maximum atomic E-state index is 9.65. The van der Waals surface area contributed by atoms with E-state index >= 15 is 0 Å². The minimum Gasteiger partial charge on any atom is -0.392 e. The molecule has 0 aliphatic carbocycles. The lowest BCUT2D eigenvalue weighted by Gasteiger charge is -2.28. The number of hydrogen-bond donors (Lipinski definition) is 1. The van der Waals surface area contributed by atoms with Gasteiger partial charge in [-0.25, -0.2) is 0 Å². The molecule has 0 saturated carbocycles. The summed E-state index contributed by atoms with van der Waals surface area (Å²) in [7, 11) is 0. The lowest BCUT2D eigenvalue weighted by molar-refractivity contribution is 0.0887. The molecule has 0 radical (unpaired) electrons. The van der Waals surface area contributed by atoms with Gasteiger partial charge in [0.1, 0.15) is 0 Å². The molecule has 0 amide bonds. The van der Waals surface area contributed by atoms with Crippen molar-refractivity contribution in [3.8, 4) is 0 Å². The summed E-state index contributed by atoms with van der Waals surface area (Å²) in [6.45, 7) is 10.6. The van der Waals surface area contributed by atoms with Crippen LogP contribution >= 0.6 is 0 Å². The number of hydrogen-bond acceptors (Lipinski definition) is 2. The van der Waals surface area contributed by atoms with E-state index in [9.17, 15) is 5.11 Å². The molecule has 0 rings (SSSR count). The van der Waals surface area contributed by atoms with Crippen LogP contribution in [0.4, 0.5) is 0 Å². The van der Waals surface area contributed by atoms with E-state index in [1.165, 1.54) is 0 Å². The van der Waals surface area contributed by atoms with Crippen molar-refractivity contribution in [2.45, 2.75) is 59.1 Å². The molecular formula is C11H25NO. The largest absolute Gasteiger partial charge is 0.392 e. The first-order valence-corrected chi connectivity index (χ1v) is 5.53. The number of aliphatic hydroxyl groups excluding tert-OH is 1. The molecular weight excluding hydrogens is 162 g/mol. The monoisotopic (exact) mass is 187 g/mol. The minimum atomic E-state index is -0.140. The predicted molar refractivity (Wildman–Crippen MR) is 57.9 cm³/mol. The SMILES string of the molecule is CCCC(O)CN(CCC)C(C)C. The summed E-state index contributed by atoms with van der Waals surface area (Å²) < 4.78 is 0. The molecule has 0 aliphatic heterocycles. The number of rotatable bonds is 7. The van der Waals surface area contributed by atoms with E-state index in [-0.39, 0.29) is 6.10 Å². The highest BCUT2D eigenvalue weighted by atomic mass is 16.3. The highest BCUT2D eigenvalue weighted by Crippen LogP contribution is 2.04. The summed E-state index contributed by atoms with van der Waals surface area (Å²) in [6.07, 6.45) is 3.02. The summed E-state index contributed by atoms with van der Waals surface area (Å²) in [5.41, 5.74) is 0. The third-order valence-electron chi connectivity index (χ3n) is 2.31. The maximum Gasteiger partial charge on any atom is 0.0667 e. The topological polar surface area (TPSA) is 23.5 Å². The molecule has 0 saturated heterocycles. The molecule has 0 aromatic rings. The Hall–Kier alpha value is -0.0800. The van der Waals surface area contributed by atoms with Gasteiger partial charge in [-0.2, -0.15) is 0 Å². The van der Waals surface area contributed by atoms with Crippen molar-refractivity contribution < 1.29 is 5.11 Å². The van der Waals surface area contributed by atoms with Gasteiger partial charge in [0.05, 0.1) is 6.10 Å². The van der Waals surface area contributed by atoms with Gasteiger partial charge in [0.2, 0.25) is 0 Å². The van der Waals surface area contributed by atoms with Crippen LogP contribution in [0, 0.1) is 0 Å². The summed E-state index contributed by atoms with van der Waals surface area (Å²) in [5, 5.41) is 9.65. The van der Waals surface area contributed by atoms with E-state index < -0.39 is 0 Å². The van der Waals surface area contributed by atoms with Crippen molar-refractivity contribution >= 4 is 0 Å². The zero-order chi connectivity index (χ0) is 10.3. The van der Waals surface area contributed by atoms with Crippen molar-refractivity contribution in [1.82, 2.24) is 4.90 Å². The molecule has 0 aromatic carbocycles. The van der Waals surface area contributed by atoms with Gasteiger partial charge in [-0.05, 0) is 33.2 Å². The second-order valence-corrected chi connectivity index (χ2v) is 4.03. The molecule has 0 bridgehead atoms. The summed E-state index contributed by atoms with van der Waals surface area (Å²) >= 11 is 0. The van der Waals surface area contributed by atoms with E-state index in [1.807, 2.05) is 0 Å². The van der Waals surface area contributed by atoms with Crippen molar-refractivity contribution in [3.63, 3.8) is 0 Å². The first-order valence-electron chi connectivity index (χ1n) is 5.53. The van der Waals surface area contributed by atoms with Gasteiger partial charge in [-0.15, -0.1) is 0 Å². The molecule has 1 unspecified atom stereocenters. The molecule has 0 spiro atoms. The van der Waals surface area contributed by atoms with Gasteiger partial charge in [0.15, 0.2) is 0 Å². The van der Waals surface area contributed by atoms with Gasteiger partial charge in [0.25, 0.3) is 0 Å². The molecule has 0 aromatic heterocycles. The van der Waals surface area contributed by atoms with Crippen molar-refractivity contribution in [1.29, 1.82) is 0 Å². The average Bonchev–Trinajstić information content (AvgIpc) is 2.04. The van der Waals surface area contributed by atoms with Crippen LogP contribution in [-0.4, -0.2) is 35.2 Å². The minimum absolute atomic E-state index is 0.140. The van der Waals surface area contributed by atoms with E-state index in [0.717, 1.165) is 32.4 Å². The van der Waals surface area contributed by atoms with Crippen molar-refractivity contribution in [3.05, 3.63) is 0 Å². The van der Waals surface area contributed by atoms with E-state index in [1.54, 1.807) is 0 Å². The molecule has 0 fully saturated rings. The second-order valence-electron chi connectivity index (χ2n) is 4.03. The van der Waals surface area contributed by atoms with Crippen LogP contribution < -0.4 is 0 Å². The van der Waals surface area contributed by atoms with Gasteiger partial charge in [-0.1, -0.05) is 20.3 Å². The Morgan fingerprint density at radius 2 is 1.77 bits per heavy atom. The Bertz CT molecular complexity index is 115. The fraction of sp³-hybridized carbons (Fsp3) is 1.00. The van der Waals surface area contributed by atoms with E-state index in [4.69, 9.17) is 0 Å². The molecule has 2 heteroatoms. The standard InChI is InChI=1S/C11H25NO/c1-5-7-11(13)9-12(8-6-2)10(3)4/h10-11,13H,5-9H2,1-4H3. The Kier molecular flexibility index (Phi) is 7.29. The summed E-state index contributed by atoms with van der Waals surface area (Å²) in [6, 6.07) is 0.548. The van der Waals surface area contributed by atoms with Crippen LogP contribution in [0.3, 0.4) is 0 Å². The van der Waals surface area contributed by atoms with Crippen LogP contribution in [0.5, 0.6) is 0 Å². The van der Waals surface area contributed by atoms with Crippen molar-refractivity contribution in [2.24, 2.45) is 0 Å². The summed E-state index contributed by atoms with van der Waals surface area (Å²) in [5.74, 6) is 0. The van der Waals surface area contributed by atoms with Crippen LogP contribution in [0.1, 0.15) is 47.0 Å². The Balaban J connectivity index is 3.79. The van der Waals surface area contributed by atoms with E-state index in [0.29, 0.717) is 6.04 Å². The third-order valence-corrected chi connectivity index (χ3v) is 2.31. The normalized spacial score (nSPS) is 14.1. The Morgan fingerprint density at radius 1 is 1.15 bits per heavy atom. The van der Waals surface area contributed by atoms with Gasteiger partial charge < -0.3 is 5.11 Å². The smallest absolute Gasteiger partial charge is 0.0667 e. The fourth-order valence-corrected chi connectivity index (χ4v) is 1.54. The van der Waals surface area contributed by atoms with Crippen LogP contribution in [0.15, 0.2) is 0 Å². The van der Waals surface area contributed by atoms with Gasteiger partial charge >= 0.3 is 0 Å². The van der Waals surface area contributed by atoms with E-state index in [2.05, 4.69) is 32.6 Å². The molecule has 2 nitrogen and oxygen atoms in total. The third kappa shape index (κ3) is 6.05. The predicted octanol–water partition coefficient (Wildman–Crippen LogP) is 2.27. The Labute approximate surface area is 82.9 Å². The first-order chi connectivity index (χ1) is 6.11. The van der Waals surface area contributed by atoms with Crippen LogP contribution in [-0.2, 0) is 0 Å². The highest BCUT2D eigenvalue weighted by molar-refractivity contribution is 4.67. The molecule has 0 heterocycles. The zero-order valence-electron chi connectivity index (χ0n) is 9.58. The van der Waals surface area contributed by atoms with Crippen molar-refractivity contribution in [2.75, 3.05) is 13.1 Å². The lowest BCUT2D eigenvalue weighted by atomic mass is 10.1. The van der Waals surface area contributed by atoms with Crippen LogP contribution in [0.2, 0.25) is 0 Å². The molecule has 0 aliphatic rings. The molecule has 1 N–H and O–H groups in total. The fourth-order valence-electron chi connectivity index (χ4n) is 1.54. The first kappa shape index (κ1) is 12.9. The number of nitrogens with zero attached hydrogens (tertiary/aromatic N) is 1. The zero-order valence-corrected chi connectivity index (χ0v) is 9.58. The summed E-state index contributed by atoms with van der Waals surface area (Å²) in [4.78, 5) is 2.35.